The highest BCUT2D eigenvalue weighted by Gasteiger charge is 2.08. The highest BCUT2D eigenvalue weighted by atomic mass is 79.9. The van der Waals surface area contributed by atoms with Gasteiger partial charge in [-0.1, -0.05) is 46.3 Å². The molecule has 3 aromatic rings. The van der Waals surface area contributed by atoms with Crippen molar-refractivity contribution in [1.82, 2.24) is 5.43 Å². The van der Waals surface area contributed by atoms with Crippen molar-refractivity contribution in [2.45, 2.75) is 0 Å². The van der Waals surface area contributed by atoms with Gasteiger partial charge in [0.15, 0.2) is 6.61 Å². The molecule has 27 heavy (non-hydrogen) atoms. The number of hydrazone groups is 1. The maximum atomic E-state index is 12.0. The zero-order chi connectivity index (χ0) is 19.2. The third-order valence-electron chi connectivity index (χ3n) is 3.77. The molecule has 0 aliphatic heterocycles. The molecule has 0 heterocycles. The molecule has 5 nitrogen and oxygen atoms in total. The Kier molecular flexibility index (Phi) is 6.47. The molecule has 3 aromatic carbocycles. The monoisotopic (exact) mass is 490 g/mol. The zero-order valence-electron chi connectivity index (χ0n) is 14.4. The molecule has 1 amide bonds. The fourth-order valence-electron chi connectivity index (χ4n) is 2.48. The van der Waals surface area contributed by atoms with Gasteiger partial charge in [0.05, 0.1) is 17.8 Å². The van der Waals surface area contributed by atoms with Gasteiger partial charge in [-0.3, -0.25) is 4.79 Å². The molecule has 0 fully saturated rings. The molecule has 138 valence electrons. The van der Waals surface area contributed by atoms with E-state index in [1.165, 1.54) is 6.21 Å². The molecule has 0 saturated heterocycles. The lowest BCUT2D eigenvalue weighted by Gasteiger charge is -2.09. The molecule has 0 unspecified atom stereocenters. The Morgan fingerprint density at radius 3 is 2.70 bits per heavy atom. The number of halogens is 2. The molecule has 7 heteroatoms. The van der Waals surface area contributed by atoms with Crippen LogP contribution < -0.4 is 14.9 Å². The van der Waals surface area contributed by atoms with Gasteiger partial charge in [-0.25, -0.2) is 5.43 Å². The Morgan fingerprint density at radius 2 is 1.89 bits per heavy atom. The van der Waals surface area contributed by atoms with Crippen molar-refractivity contribution in [1.29, 1.82) is 0 Å². The van der Waals surface area contributed by atoms with Crippen LogP contribution in [0.5, 0.6) is 11.5 Å². The van der Waals surface area contributed by atoms with E-state index in [0.717, 1.165) is 25.3 Å². The lowest BCUT2D eigenvalue weighted by Crippen LogP contribution is -2.24. The van der Waals surface area contributed by atoms with E-state index in [1.807, 2.05) is 54.6 Å². The maximum Gasteiger partial charge on any atom is 0.277 e. The number of rotatable bonds is 6. The minimum absolute atomic E-state index is 0.149. The second-order valence-electron chi connectivity index (χ2n) is 5.57. The van der Waals surface area contributed by atoms with Crippen molar-refractivity contribution >= 4 is 54.8 Å². The van der Waals surface area contributed by atoms with Crippen LogP contribution in [-0.2, 0) is 4.79 Å². The summed E-state index contributed by atoms with van der Waals surface area (Å²) in [4.78, 5) is 12.0. The summed E-state index contributed by atoms with van der Waals surface area (Å²) in [7, 11) is 1.58. The summed E-state index contributed by atoms with van der Waals surface area (Å²) >= 11 is 6.93. The number of nitrogens with one attached hydrogen (secondary N) is 1. The molecule has 0 aromatic heterocycles. The van der Waals surface area contributed by atoms with E-state index in [0.29, 0.717) is 11.5 Å². The minimum atomic E-state index is -0.361. The summed E-state index contributed by atoms with van der Waals surface area (Å²) in [6.07, 6.45) is 1.52. The summed E-state index contributed by atoms with van der Waals surface area (Å²) in [5, 5.41) is 6.07. The van der Waals surface area contributed by atoms with E-state index in [9.17, 15) is 4.79 Å². The first kappa shape index (κ1) is 19.4. The van der Waals surface area contributed by atoms with E-state index in [4.69, 9.17) is 9.47 Å². The van der Waals surface area contributed by atoms with Gasteiger partial charge in [0, 0.05) is 10.0 Å². The van der Waals surface area contributed by atoms with Crippen molar-refractivity contribution in [2.75, 3.05) is 13.7 Å². The Balaban J connectivity index is 1.61. The first-order valence-corrected chi connectivity index (χ1v) is 9.62. The highest BCUT2D eigenvalue weighted by molar-refractivity contribution is 9.11. The summed E-state index contributed by atoms with van der Waals surface area (Å²) in [6.45, 7) is -0.149. The molecule has 0 spiro atoms. The molecule has 3 rings (SSSR count). The number of fused-ring (bicyclic) bond motifs is 1. The largest absolute Gasteiger partial charge is 0.496 e. The zero-order valence-corrected chi connectivity index (χ0v) is 17.6. The van der Waals surface area contributed by atoms with E-state index in [1.54, 1.807) is 7.11 Å². The highest BCUT2D eigenvalue weighted by Crippen LogP contribution is 2.32. The van der Waals surface area contributed by atoms with Crippen LogP contribution in [0.1, 0.15) is 5.56 Å². The number of carbonyl (C=O) groups excluding carboxylic acids is 1. The number of benzene rings is 3. The number of ether oxygens (including phenoxy) is 2. The second kappa shape index (κ2) is 9.01. The van der Waals surface area contributed by atoms with Gasteiger partial charge in [0.2, 0.25) is 0 Å². The lowest BCUT2D eigenvalue weighted by atomic mass is 10.1. The van der Waals surface area contributed by atoms with Crippen molar-refractivity contribution in [2.24, 2.45) is 5.10 Å². The number of nitrogens with zero attached hydrogens (tertiary/aromatic N) is 1. The topological polar surface area (TPSA) is 59.9 Å². The van der Waals surface area contributed by atoms with Gasteiger partial charge in [-0.2, -0.15) is 5.10 Å². The fraction of sp³-hybridized carbons (Fsp3) is 0.100. The van der Waals surface area contributed by atoms with Gasteiger partial charge < -0.3 is 9.47 Å². The second-order valence-corrected chi connectivity index (χ2v) is 7.28. The number of hydrogen-bond acceptors (Lipinski definition) is 4. The van der Waals surface area contributed by atoms with Gasteiger partial charge in [0.1, 0.15) is 11.5 Å². The van der Waals surface area contributed by atoms with E-state index in [2.05, 4.69) is 42.4 Å². The predicted octanol–water partition coefficient (Wildman–Crippen LogP) is 4.90. The normalized spacial score (nSPS) is 10.9. The predicted molar refractivity (Wildman–Crippen MR) is 114 cm³/mol. The summed E-state index contributed by atoms with van der Waals surface area (Å²) in [6, 6.07) is 17.2. The maximum absolute atomic E-state index is 12.0. The van der Waals surface area contributed by atoms with Gasteiger partial charge in [-0.15, -0.1) is 0 Å². The average molecular weight is 492 g/mol. The number of carbonyl (C=O) groups is 1. The van der Waals surface area contributed by atoms with E-state index < -0.39 is 0 Å². The number of hydrogen-bond donors (Lipinski definition) is 1. The van der Waals surface area contributed by atoms with Crippen LogP contribution in [0.25, 0.3) is 10.8 Å². The Labute approximate surface area is 173 Å². The molecule has 0 atom stereocenters. The minimum Gasteiger partial charge on any atom is -0.496 e. The smallest absolute Gasteiger partial charge is 0.277 e. The molecule has 1 N–H and O–H groups in total. The summed E-state index contributed by atoms with van der Waals surface area (Å²) < 4.78 is 12.6. The van der Waals surface area contributed by atoms with E-state index in [-0.39, 0.29) is 12.5 Å². The van der Waals surface area contributed by atoms with Crippen molar-refractivity contribution < 1.29 is 14.3 Å². The first-order valence-electron chi connectivity index (χ1n) is 8.04. The summed E-state index contributed by atoms with van der Waals surface area (Å²) in [5.41, 5.74) is 3.19. The third-order valence-corrected chi connectivity index (χ3v) is 5.08. The molecular formula is C20H16Br2N2O3. The van der Waals surface area contributed by atoms with Crippen LogP contribution in [-0.4, -0.2) is 25.8 Å². The van der Waals surface area contributed by atoms with Crippen LogP contribution in [0.2, 0.25) is 0 Å². The molecule has 0 radical (unpaired) electrons. The summed E-state index contributed by atoms with van der Waals surface area (Å²) in [5.74, 6) is 0.898. The van der Waals surface area contributed by atoms with Crippen LogP contribution in [0, 0.1) is 0 Å². The average Bonchev–Trinajstić information content (AvgIpc) is 2.68. The van der Waals surface area contributed by atoms with Gasteiger partial charge in [-0.05, 0) is 51.0 Å². The van der Waals surface area contributed by atoms with Crippen molar-refractivity contribution in [3.8, 4) is 11.5 Å². The van der Waals surface area contributed by atoms with Crippen LogP contribution >= 0.6 is 31.9 Å². The van der Waals surface area contributed by atoms with Crippen LogP contribution in [0.4, 0.5) is 0 Å². The van der Waals surface area contributed by atoms with Crippen LogP contribution in [0.15, 0.2) is 68.6 Å². The Bertz CT molecular complexity index is 1010. The SMILES string of the molecule is COc1ccc(Br)cc1C=NNC(=O)COc1ccc2ccccc2c1Br. The molecular weight excluding hydrogens is 476 g/mol. The van der Waals surface area contributed by atoms with Crippen LogP contribution in [0.3, 0.4) is 0 Å². The third kappa shape index (κ3) is 4.87. The first-order chi connectivity index (χ1) is 13.1. The Morgan fingerprint density at radius 1 is 1.11 bits per heavy atom. The van der Waals surface area contributed by atoms with Crippen molar-refractivity contribution in [3.63, 3.8) is 0 Å². The fourth-order valence-corrected chi connectivity index (χ4v) is 3.47. The molecule has 0 aliphatic rings. The Hall–Kier alpha value is -2.38. The number of methoxy groups -OCH3 is 1. The molecule has 0 aliphatic carbocycles. The van der Waals surface area contributed by atoms with Gasteiger partial charge >= 0.3 is 0 Å². The van der Waals surface area contributed by atoms with Gasteiger partial charge in [0.25, 0.3) is 5.91 Å². The molecule has 0 saturated carbocycles. The van der Waals surface area contributed by atoms with E-state index >= 15 is 0 Å². The lowest BCUT2D eigenvalue weighted by molar-refractivity contribution is -0.123. The molecule has 0 bridgehead atoms. The number of amides is 1. The quantitative estimate of drug-likeness (QED) is 0.394. The van der Waals surface area contributed by atoms with Crippen molar-refractivity contribution in [3.05, 3.63) is 69.1 Å². The standard InChI is InChI=1S/C20H16Br2N2O3/c1-26-17-9-7-15(21)10-14(17)11-23-24-19(25)12-27-18-8-6-13-4-2-3-5-16(13)20(18)22/h2-11H,12H2,1H3,(H,24,25).